The molecule has 2 aromatic carbocycles. The summed E-state index contributed by atoms with van der Waals surface area (Å²) < 4.78 is 0. The minimum Gasteiger partial charge on any atom is -0.384 e. The summed E-state index contributed by atoms with van der Waals surface area (Å²) in [6.45, 7) is 3.23. The molecule has 0 amide bonds. The van der Waals surface area contributed by atoms with Crippen LogP contribution in [-0.4, -0.2) is 29.6 Å². The van der Waals surface area contributed by atoms with Crippen LogP contribution < -0.4 is 0 Å². The van der Waals surface area contributed by atoms with Crippen molar-refractivity contribution in [3.8, 4) is 0 Å². The van der Waals surface area contributed by atoms with Gasteiger partial charge in [-0.3, -0.25) is 4.90 Å². The smallest absolute Gasteiger partial charge is 0.0978 e. The highest BCUT2D eigenvalue weighted by atomic mass is 16.3. The fourth-order valence-corrected chi connectivity index (χ4v) is 3.01. The lowest BCUT2D eigenvalue weighted by Gasteiger charge is -2.19. The normalized spacial score (nSPS) is 17.6. The quantitative estimate of drug-likeness (QED) is 0.904. The van der Waals surface area contributed by atoms with Crippen LogP contribution in [0.3, 0.4) is 0 Å². The summed E-state index contributed by atoms with van der Waals surface area (Å²) in [4.78, 5) is 2.47. The zero-order valence-electron chi connectivity index (χ0n) is 12.9. The molecule has 0 aliphatic carbocycles. The molecule has 0 spiro atoms. The fourth-order valence-electron chi connectivity index (χ4n) is 3.01. The molecule has 0 saturated carbocycles. The summed E-state index contributed by atoms with van der Waals surface area (Å²) in [5.74, 6) is 0. The molecule has 0 radical (unpaired) electrons. The lowest BCUT2D eigenvalue weighted by molar-refractivity contribution is 0.228. The van der Waals surface area contributed by atoms with Gasteiger partial charge in [0.25, 0.3) is 0 Å². The first-order chi connectivity index (χ1) is 10.8. The van der Waals surface area contributed by atoms with Gasteiger partial charge in [0.05, 0.1) is 6.10 Å². The van der Waals surface area contributed by atoms with Crippen LogP contribution in [0.2, 0.25) is 0 Å². The van der Waals surface area contributed by atoms with Crippen molar-refractivity contribution in [2.45, 2.75) is 18.9 Å². The Labute approximate surface area is 132 Å². The predicted molar refractivity (Wildman–Crippen MR) is 91.5 cm³/mol. The first-order valence-electron chi connectivity index (χ1n) is 8.04. The third-order valence-corrected chi connectivity index (χ3v) is 4.24. The lowest BCUT2D eigenvalue weighted by atomic mass is 10.0. The molecule has 0 bridgehead atoms. The zero-order chi connectivity index (χ0) is 15.2. The van der Waals surface area contributed by atoms with E-state index in [9.17, 15) is 5.11 Å². The van der Waals surface area contributed by atoms with Crippen molar-refractivity contribution in [3.05, 3.63) is 77.9 Å². The van der Waals surface area contributed by atoms with Crippen molar-refractivity contribution in [2.24, 2.45) is 0 Å². The van der Waals surface area contributed by atoms with Gasteiger partial charge in [-0.25, -0.2) is 0 Å². The maximum absolute atomic E-state index is 10.5. The largest absolute Gasteiger partial charge is 0.384 e. The van der Waals surface area contributed by atoms with Crippen LogP contribution in [0.4, 0.5) is 0 Å². The summed E-state index contributed by atoms with van der Waals surface area (Å²) >= 11 is 0. The van der Waals surface area contributed by atoms with E-state index >= 15 is 0 Å². The van der Waals surface area contributed by atoms with Gasteiger partial charge in [-0.15, -0.1) is 0 Å². The van der Waals surface area contributed by atoms with Crippen LogP contribution in [0.1, 0.15) is 30.1 Å². The molecule has 1 atom stereocenters. The minimum absolute atomic E-state index is 0.556. The molecule has 22 heavy (non-hydrogen) atoms. The molecule has 1 aliphatic heterocycles. The molecule has 1 aliphatic rings. The van der Waals surface area contributed by atoms with Crippen molar-refractivity contribution in [3.63, 3.8) is 0 Å². The SMILES string of the molecule is OC(/C=C(/CN1CCCC1)c1ccccc1)c1ccccc1. The predicted octanol–water partition coefficient (Wildman–Crippen LogP) is 3.90. The molecule has 1 fully saturated rings. The van der Waals surface area contributed by atoms with E-state index in [0.29, 0.717) is 0 Å². The maximum atomic E-state index is 10.5. The number of nitrogens with zero attached hydrogens (tertiary/aromatic N) is 1. The number of aliphatic hydroxyl groups excluding tert-OH is 1. The molecule has 2 heteroatoms. The van der Waals surface area contributed by atoms with Crippen LogP contribution in [0, 0.1) is 0 Å². The Morgan fingerprint density at radius 1 is 0.955 bits per heavy atom. The summed E-state index contributed by atoms with van der Waals surface area (Å²) in [7, 11) is 0. The van der Waals surface area contributed by atoms with E-state index in [1.807, 2.05) is 42.5 Å². The molecule has 2 aromatic rings. The van der Waals surface area contributed by atoms with E-state index in [1.165, 1.54) is 24.0 Å². The zero-order valence-corrected chi connectivity index (χ0v) is 12.9. The van der Waals surface area contributed by atoms with Crippen molar-refractivity contribution < 1.29 is 5.11 Å². The monoisotopic (exact) mass is 293 g/mol. The third-order valence-electron chi connectivity index (χ3n) is 4.24. The minimum atomic E-state index is -0.556. The second kappa shape index (κ2) is 7.39. The topological polar surface area (TPSA) is 23.5 Å². The van der Waals surface area contributed by atoms with Gasteiger partial charge in [0, 0.05) is 6.54 Å². The van der Waals surface area contributed by atoms with Gasteiger partial charge in [-0.1, -0.05) is 60.7 Å². The van der Waals surface area contributed by atoms with Crippen molar-refractivity contribution >= 4 is 5.57 Å². The third kappa shape index (κ3) is 3.85. The van der Waals surface area contributed by atoms with Crippen molar-refractivity contribution in [1.82, 2.24) is 4.90 Å². The van der Waals surface area contributed by atoms with Gasteiger partial charge >= 0.3 is 0 Å². The molecule has 2 nitrogen and oxygen atoms in total. The van der Waals surface area contributed by atoms with Crippen LogP contribution in [-0.2, 0) is 0 Å². The number of likely N-dealkylation sites (tertiary alicyclic amines) is 1. The second-order valence-electron chi connectivity index (χ2n) is 5.90. The number of hydrogen-bond donors (Lipinski definition) is 1. The highest BCUT2D eigenvalue weighted by molar-refractivity contribution is 5.67. The Hall–Kier alpha value is -1.90. The lowest BCUT2D eigenvalue weighted by Crippen LogP contribution is -2.21. The molecule has 3 rings (SSSR count). The van der Waals surface area contributed by atoms with Gasteiger partial charge < -0.3 is 5.11 Å². The Morgan fingerprint density at radius 3 is 2.18 bits per heavy atom. The average Bonchev–Trinajstić information content (AvgIpc) is 3.09. The highest BCUT2D eigenvalue weighted by Crippen LogP contribution is 2.23. The summed E-state index contributed by atoms with van der Waals surface area (Å²) in [6, 6.07) is 20.2. The molecule has 1 unspecified atom stereocenters. The number of benzene rings is 2. The Balaban J connectivity index is 1.85. The molecule has 1 N–H and O–H groups in total. The van der Waals surface area contributed by atoms with E-state index in [4.69, 9.17) is 0 Å². The second-order valence-corrected chi connectivity index (χ2v) is 5.90. The first-order valence-corrected chi connectivity index (χ1v) is 8.04. The number of hydrogen-bond acceptors (Lipinski definition) is 2. The van der Waals surface area contributed by atoms with Crippen LogP contribution in [0.15, 0.2) is 66.7 Å². The number of aliphatic hydroxyl groups is 1. The van der Waals surface area contributed by atoms with Crippen LogP contribution >= 0.6 is 0 Å². The van der Waals surface area contributed by atoms with Crippen molar-refractivity contribution in [1.29, 1.82) is 0 Å². The number of rotatable bonds is 5. The maximum Gasteiger partial charge on any atom is 0.0978 e. The molecule has 114 valence electrons. The van der Waals surface area contributed by atoms with Gasteiger partial charge in [0.15, 0.2) is 0 Å². The molecule has 1 heterocycles. The first kappa shape index (κ1) is 15.0. The molecular weight excluding hydrogens is 270 g/mol. The van der Waals surface area contributed by atoms with E-state index in [1.54, 1.807) is 0 Å². The van der Waals surface area contributed by atoms with Crippen LogP contribution in [0.25, 0.3) is 5.57 Å². The van der Waals surface area contributed by atoms with E-state index < -0.39 is 6.10 Å². The summed E-state index contributed by atoms with van der Waals surface area (Å²) in [5, 5.41) is 10.5. The van der Waals surface area contributed by atoms with Gasteiger partial charge in [-0.2, -0.15) is 0 Å². The van der Waals surface area contributed by atoms with Gasteiger partial charge in [0.1, 0.15) is 0 Å². The Morgan fingerprint density at radius 2 is 1.55 bits per heavy atom. The molecular formula is C20H23NO. The standard InChI is InChI=1S/C20H23NO/c22-20(18-11-5-2-6-12-18)15-19(16-21-13-7-8-14-21)17-9-3-1-4-10-17/h1-6,9-12,15,20,22H,7-8,13-14,16H2/b19-15-. The van der Waals surface area contributed by atoms with E-state index in [0.717, 1.165) is 25.2 Å². The average molecular weight is 293 g/mol. The molecule has 0 aromatic heterocycles. The van der Waals surface area contributed by atoms with Gasteiger partial charge in [-0.05, 0) is 48.7 Å². The summed E-state index contributed by atoms with van der Waals surface area (Å²) in [6.07, 6.45) is 4.01. The van der Waals surface area contributed by atoms with Gasteiger partial charge in [0.2, 0.25) is 0 Å². The van der Waals surface area contributed by atoms with Crippen LogP contribution in [0.5, 0.6) is 0 Å². The highest BCUT2D eigenvalue weighted by Gasteiger charge is 2.15. The Bertz CT molecular complexity index is 600. The van der Waals surface area contributed by atoms with E-state index in [-0.39, 0.29) is 0 Å². The van der Waals surface area contributed by atoms with Crippen molar-refractivity contribution in [2.75, 3.05) is 19.6 Å². The molecule has 1 saturated heterocycles. The Kier molecular flexibility index (Phi) is 5.04. The van der Waals surface area contributed by atoms with E-state index in [2.05, 4.69) is 29.2 Å². The fraction of sp³-hybridized carbons (Fsp3) is 0.300. The summed E-state index contributed by atoms with van der Waals surface area (Å²) in [5.41, 5.74) is 3.35.